The highest BCUT2D eigenvalue weighted by molar-refractivity contribution is 8.00. The molecule has 14 heavy (non-hydrogen) atoms. The molecule has 2 saturated heterocycles. The minimum absolute atomic E-state index is 0.908. The molecule has 0 aliphatic carbocycles. The second-order valence-corrected chi connectivity index (χ2v) is 5.95. The Balaban J connectivity index is 1.53. The van der Waals surface area contributed by atoms with Crippen molar-refractivity contribution >= 4 is 11.8 Å². The highest BCUT2D eigenvalue weighted by Crippen LogP contribution is 2.38. The van der Waals surface area contributed by atoms with E-state index < -0.39 is 0 Å². The van der Waals surface area contributed by atoms with Crippen LogP contribution in [0.3, 0.4) is 0 Å². The molecule has 3 atom stereocenters. The molecule has 0 saturated carbocycles. The Kier molecular flexibility index (Phi) is 4.18. The summed E-state index contributed by atoms with van der Waals surface area (Å²) in [4.78, 5) is 2.73. The van der Waals surface area contributed by atoms with Crippen molar-refractivity contribution in [3.05, 3.63) is 0 Å². The summed E-state index contributed by atoms with van der Waals surface area (Å²) in [7, 11) is 0. The lowest BCUT2D eigenvalue weighted by Gasteiger charge is -2.10. The first-order chi connectivity index (χ1) is 6.92. The first-order valence-corrected chi connectivity index (χ1v) is 7.34. The summed E-state index contributed by atoms with van der Waals surface area (Å²) in [6, 6.07) is 0.974. The number of unbranched alkanes of at least 4 members (excludes halogenated alkanes) is 3. The van der Waals surface area contributed by atoms with E-state index in [2.05, 4.69) is 23.6 Å². The Hall–Kier alpha value is 0.310. The van der Waals surface area contributed by atoms with Gasteiger partial charge in [0.2, 0.25) is 0 Å². The summed E-state index contributed by atoms with van der Waals surface area (Å²) < 4.78 is 0. The van der Waals surface area contributed by atoms with E-state index in [1.54, 1.807) is 0 Å². The van der Waals surface area contributed by atoms with E-state index in [0.717, 1.165) is 11.4 Å². The third kappa shape index (κ3) is 2.90. The van der Waals surface area contributed by atoms with Gasteiger partial charge in [0, 0.05) is 12.6 Å². The number of thioether (sulfide) groups is 1. The lowest BCUT2D eigenvalue weighted by molar-refractivity contribution is 0.443. The van der Waals surface area contributed by atoms with Crippen LogP contribution in [0.15, 0.2) is 0 Å². The number of hydrogen-bond acceptors (Lipinski definition) is 2. The van der Waals surface area contributed by atoms with Crippen LogP contribution in [0.1, 0.15) is 51.9 Å². The third-order valence-corrected chi connectivity index (χ3v) is 4.84. The minimum Gasteiger partial charge on any atom is -0.286 e. The topological polar surface area (TPSA) is 3.01 Å². The van der Waals surface area contributed by atoms with Crippen molar-refractivity contribution in [2.75, 3.05) is 12.3 Å². The molecule has 0 spiro atoms. The van der Waals surface area contributed by atoms with Gasteiger partial charge < -0.3 is 0 Å². The van der Waals surface area contributed by atoms with Crippen molar-refractivity contribution in [3.63, 3.8) is 0 Å². The molecule has 0 bridgehead atoms. The monoisotopic (exact) mass is 213 g/mol. The first kappa shape index (κ1) is 10.8. The summed E-state index contributed by atoms with van der Waals surface area (Å²) in [6.07, 6.45) is 10.1. The van der Waals surface area contributed by atoms with Gasteiger partial charge in [-0.2, -0.15) is 0 Å². The minimum atomic E-state index is 0.908. The molecule has 2 aliphatic rings. The highest BCUT2D eigenvalue weighted by Gasteiger charge is 2.40. The van der Waals surface area contributed by atoms with Gasteiger partial charge in [-0.15, -0.1) is 11.8 Å². The average molecular weight is 213 g/mol. The predicted molar refractivity (Wildman–Crippen MR) is 64.7 cm³/mol. The molecule has 2 fully saturated rings. The maximum Gasteiger partial charge on any atom is 0.0561 e. The van der Waals surface area contributed by atoms with Gasteiger partial charge in [-0.25, -0.2) is 0 Å². The van der Waals surface area contributed by atoms with E-state index >= 15 is 0 Å². The third-order valence-electron chi connectivity index (χ3n) is 3.42. The van der Waals surface area contributed by atoms with E-state index in [-0.39, 0.29) is 0 Å². The van der Waals surface area contributed by atoms with Crippen LogP contribution >= 0.6 is 11.8 Å². The Morgan fingerprint density at radius 3 is 2.93 bits per heavy atom. The van der Waals surface area contributed by atoms with Crippen LogP contribution in [0.5, 0.6) is 0 Å². The Bertz CT molecular complexity index is 166. The molecule has 0 aromatic heterocycles. The standard InChI is InChI=1S/C12H23NS/c1-2-3-4-5-7-11-10-13(11)12-8-6-9-14-12/h11-12H,2-10H2,1H3. The van der Waals surface area contributed by atoms with Crippen molar-refractivity contribution in [1.29, 1.82) is 0 Å². The molecular weight excluding hydrogens is 190 g/mol. The molecule has 0 aromatic carbocycles. The largest absolute Gasteiger partial charge is 0.286 e. The zero-order valence-electron chi connectivity index (χ0n) is 9.37. The normalized spacial score (nSPS) is 36.2. The van der Waals surface area contributed by atoms with E-state index in [1.165, 1.54) is 57.2 Å². The van der Waals surface area contributed by atoms with Crippen LogP contribution in [-0.2, 0) is 0 Å². The zero-order valence-corrected chi connectivity index (χ0v) is 10.2. The van der Waals surface area contributed by atoms with E-state index in [9.17, 15) is 0 Å². The van der Waals surface area contributed by atoms with Gasteiger partial charge in [-0.3, -0.25) is 4.90 Å². The molecule has 2 heterocycles. The van der Waals surface area contributed by atoms with Crippen LogP contribution in [0.4, 0.5) is 0 Å². The molecule has 0 amide bonds. The Morgan fingerprint density at radius 1 is 1.29 bits per heavy atom. The van der Waals surface area contributed by atoms with Gasteiger partial charge in [0.15, 0.2) is 0 Å². The summed E-state index contributed by atoms with van der Waals surface area (Å²) in [5, 5.41) is 0.908. The van der Waals surface area contributed by atoms with Gasteiger partial charge in [-0.05, 0) is 25.0 Å². The molecule has 0 radical (unpaired) electrons. The fourth-order valence-corrected chi connectivity index (χ4v) is 3.82. The van der Waals surface area contributed by atoms with Crippen LogP contribution in [0, 0.1) is 0 Å². The lowest BCUT2D eigenvalue weighted by atomic mass is 10.1. The van der Waals surface area contributed by atoms with Crippen LogP contribution < -0.4 is 0 Å². The first-order valence-electron chi connectivity index (χ1n) is 6.29. The Labute approximate surface area is 92.6 Å². The SMILES string of the molecule is CCCCCCC1CN1C1CCCS1. The molecule has 2 rings (SSSR count). The van der Waals surface area contributed by atoms with Gasteiger partial charge in [0.05, 0.1) is 5.37 Å². The van der Waals surface area contributed by atoms with Gasteiger partial charge >= 0.3 is 0 Å². The fraction of sp³-hybridized carbons (Fsp3) is 1.00. The summed E-state index contributed by atoms with van der Waals surface area (Å²) in [5.41, 5.74) is 0. The van der Waals surface area contributed by atoms with Crippen LogP contribution in [-0.4, -0.2) is 28.6 Å². The molecule has 3 unspecified atom stereocenters. The quantitative estimate of drug-likeness (QED) is 0.491. The summed E-state index contributed by atoms with van der Waals surface area (Å²) >= 11 is 2.19. The Morgan fingerprint density at radius 2 is 2.21 bits per heavy atom. The van der Waals surface area contributed by atoms with E-state index in [1.807, 2.05) is 0 Å². The fourth-order valence-electron chi connectivity index (χ4n) is 2.43. The van der Waals surface area contributed by atoms with Crippen LogP contribution in [0.25, 0.3) is 0 Å². The zero-order chi connectivity index (χ0) is 9.80. The predicted octanol–water partition coefficient (Wildman–Crippen LogP) is 3.49. The molecule has 2 aliphatic heterocycles. The summed E-state index contributed by atoms with van der Waals surface area (Å²) in [5.74, 6) is 1.41. The van der Waals surface area contributed by atoms with Crippen molar-refractivity contribution in [2.45, 2.75) is 63.3 Å². The molecule has 2 heteroatoms. The second-order valence-electron chi connectivity index (χ2n) is 4.67. The summed E-state index contributed by atoms with van der Waals surface area (Å²) in [6.45, 7) is 3.70. The maximum absolute atomic E-state index is 2.73. The molecule has 0 N–H and O–H groups in total. The molecule has 0 aromatic rings. The maximum atomic E-state index is 2.73. The van der Waals surface area contributed by atoms with E-state index in [0.29, 0.717) is 0 Å². The van der Waals surface area contributed by atoms with Gasteiger partial charge in [0.25, 0.3) is 0 Å². The molecule has 82 valence electrons. The van der Waals surface area contributed by atoms with Gasteiger partial charge in [-0.1, -0.05) is 32.6 Å². The number of nitrogens with zero attached hydrogens (tertiary/aromatic N) is 1. The van der Waals surface area contributed by atoms with Crippen molar-refractivity contribution in [3.8, 4) is 0 Å². The van der Waals surface area contributed by atoms with E-state index in [4.69, 9.17) is 0 Å². The molecular formula is C12H23NS. The average Bonchev–Trinajstić information content (AvgIpc) is 2.77. The number of hydrogen-bond donors (Lipinski definition) is 0. The highest BCUT2D eigenvalue weighted by atomic mass is 32.2. The second kappa shape index (κ2) is 5.41. The number of rotatable bonds is 6. The van der Waals surface area contributed by atoms with Gasteiger partial charge in [0.1, 0.15) is 0 Å². The lowest BCUT2D eigenvalue weighted by Crippen LogP contribution is -2.12. The molecule has 1 nitrogen and oxygen atoms in total. The van der Waals surface area contributed by atoms with Crippen molar-refractivity contribution < 1.29 is 0 Å². The smallest absolute Gasteiger partial charge is 0.0561 e. The van der Waals surface area contributed by atoms with Crippen molar-refractivity contribution in [1.82, 2.24) is 4.90 Å². The van der Waals surface area contributed by atoms with Crippen LogP contribution in [0.2, 0.25) is 0 Å². The van der Waals surface area contributed by atoms with Crippen molar-refractivity contribution in [2.24, 2.45) is 0 Å².